The van der Waals surface area contributed by atoms with Crippen molar-refractivity contribution in [1.29, 1.82) is 5.26 Å². The first-order valence-corrected chi connectivity index (χ1v) is 10.3. The number of hydrogen-bond donors (Lipinski definition) is 0. The number of nitriles is 1. The molecule has 30 heavy (non-hydrogen) atoms. The van der Waals surface area contributed by atoms with Crippen LogP contribution in [0.15, 0.2) is 83.3 Å². The van der Waals surface area contributed by atoms with Crippen molar-refractivity contribution in [1.82, 2.24) is 14.5 Å². The van der Waals surface area contributed by atoms with Crippen LogP contribution < -0.4 is 0 Å². The molecule has 0 aliphatic carbocycles. The highest BCUT2D eigenvalue weighted by Crippen LogP contribution is 2.37. The van der Waals surface area contributed by atoms with Gasteiger partial charge in [-0.2, -0.15) is 5.26 Å². The lowest BCUT2D eigenvalue weighted by Gasteiger charge is -2.08. The lowest BCUT2D eigenvalue weighted by molar-refractivity contribution is 1.00. The van der Waals surface area contributed by atoms with Gasteiger partial charge in [0.25, 0.3) is 0 Å². The van der Waals surface area contributed by atoms with Crippen molar-refractivity contribution in [2.24, 2.45) is 0 Å². The Balaban J connectivity index is 1.81. The van der Waals surface area contributed by atoms with Crippen LogP contribution in [0.25, 0.3) is 49.4 Å². The zero-order valence-corrected chi connectivity index (χ0v) is 17.3. The molecule has 6 rings (SSSR count). The number of fused-ring (bicyclic) bond motifs is 6. The van der Waals surface area contributed by atoms with Crippen LogP contribution in [-0.4, -0.2) is 14.5 Å². The second-order valence-electron chi connectivity index (χ2n) is 7.18. The normalized spacial score (nSPS) is 11.5. The van der Waals surface area contributed by atoms with Crippen molar-refractivity contribution in [2.45, 2.75) is 0 Å². The first kappa shape index (κ1) is 17.1. The summed E-state index contributed by atoms with van der Waals surface area (Å²) in [6.45, 7) is 0. The molecule has 4 nitrogen and oxygen atoms in total. The highest BCUT2D eigenvalue weighted by Gasteiger charge is 2.17. The van der Waals surface area contributed by atoms with E-state index in [1.807, 2.05) is 36.4 Å². The van der Waals surface area contributed by atoms with E-state index >= 15 is 0 Å². The zero-order valence-electron chi connectivity index (χ0n) is 15.7. The number of aromatic nitrogens is 3. The summed E-state index contributed by atoms with van der Waals surface area (Å²) < 4.78 is 3.11. The lowest BCUT2D eigenvalue weighted by Crippen LogP contribution is -2.03. The summed E-state index contributed by atoms with van der Waals surface area (Å²) in [5, 5.41) is 15.1. The average Bonchev–Trinajstić information content (AvgIpc) is 3.12. The van der Waals surface area contributed by atoms with Gasteiger partial charge in [0.1, 0.15) is 6.07 Å². The second kappa shape index (κ2) is 6.38. The second-order valence-corrected chi connectivity index (χ2v) is 8.09. The maximum atomic E-state index is 9.70. The Labute approximate surface area is 180 Å². The molecule has 140 valence electrons. The summed E-state index contributed by atoms with van der Waals surface area (Å²) >= 11 is 3.57. The smallest absolute Gasteiger partial charge is 0.236 e. The topological polar surface area (TPSA) is 54.5 Å². The Hall–Kier alpha value is -3.75. The van der Waals surface area contributed by atoms with Gasteiger partial charge in [0, 0.05) is 20.6 Å². The quantitative estimate of drug-likeness (QED) is 0.287. The molecule has 2 aromatic heterocycles. The van der Waals surface area contributed by atoms with Gasteiger partial charge in [0.15, 0.2) is 5.69 Å². The molecular weight excluding hydrogens is 436 g/mol. The minimum atomic E-state index is 0.381. The van der Waals surface area contributed by atoms with Gasteiger partial charge in [-0.05, 0) is 47.2 Å². The molecule has 0 spiro atoms. The molecule has 5 heteroatoms. The van der Waals surface area contributed by atoms with Gasteiger partial charge in [0.2, 0.25) is 5.95 Å². The van der Waals surface area contributed by atoms with Gasteiger partial charge in [-0.1, -0.05) is 58.4 Å². The number of para-hydroxylation sites is 2. The summed E-state index contributed by atoms with van der Waals surface area (Å²) in [4.78, 5) is 9.45. The SMILES string of the molecule is N#Cc1nc(-n2c3ccccc3c3c4ccc(Br)cc4ccc32)nc2ccccc12. The molecule has 4 aromatic carbocycles. The standard InChI is InChI=1S/C25H13BrN4/c26-16-10-11-17-15(13-16)9-12-23-24(17)19-6-2-4-8-22(19)30(23)25-28-20-7-3-1-5-18(20)21(14-27)29-25/h1-13H. The molecule has 0 bridgehead atoms. The lowest BCUT2D eigenvalue weighted by atomic mass is 10.0. The van der Waals surface area contributed by atoms with Crippen LogP contribution >= 0.6 is 15.9 Å². The fraction of sp³-hybridized carbons (Fsp3) is 0. The van der Waals surface area contributed by atoms with E-state index in [-0.39, 0.29) is 0 Å². The van der Waals surface area contributed by atoms with E-state index in [0.29, 0.717) is 11.6 Å². The first-order chi connectivity index (χ1) is 14.7. The van der Waals surface area contributed by atoms with Crippen LogP contribution in [0.1, 0.15) is 5.69 Å². The molecule has 0 saturated carbocycles. The van der Waals surface area contributed by atoms with Gasteiger partial charge < -0.3 is 0 Å². The Morgan fingerprint density at radius 3 is 2.43 bits per heavy atom. The number of hydrogen-bond acceptors (Lipinski definition) is 3. The van der Waals surface area contributed by atoms with E-state index < -0.39 is 0 Å². The monoisotopic (exact) mass is 448 g/mol. The Kier molecular flexibility index (Phi) is 3.64. The molecule has 0 atom stereocenters. The van der Waals surface area contributed by atoms with Crippen molar-refractivity contribution in [3.8, 4) is 12.0 Å². The number of nitrogens with zero attached hydrogens (tertiary/aromatic N) is 4. The van der Waals surface area contributed by atoms with Crippen LogP contribution in [0.4, 0.5) is 0 Å². The minimum Gasteiger partial charge on any atom is -0.278 e. The molecule has 0 aliphatic heterocycles. The molecule has 0 aliphatic rings. The summed E-state index contributed by atoms with van der Waals surface area (Å²) in [6.07, 6.45) is 0. The molecule has 0 fully saturated rings. The number of rotatable bonds is 1. The summed E-state index contributed by atoms with van der Waals surface area (Å²) in [6, 6.07) is 28.7. The highest BCUT2D eigenvalue weighted by molar-refractivity contribution is 9.10. The molecule has 0 N–H and O–H groups in total. The predicted octanol–water partition coefficient (Wildman–Crippen LogP) is 6.51. The van der Waals surface area contributed by atoms with Gasteiger partial charge in [0.05, 0.1) is 16.6 Å². The maximum Gasteiger partial charge on any atom is 0.236 e. The van der Waals surface area contributed by atoms with Crippen LogP contribution in [-0.2, 0) is 0 Å². The van der Waals surface area contributed by atoms with Crippen molar-refractivity contribution >= 4 is 59.4 Å². The minimum absolute atomic E-state index is 0.381. The van der Waals surface area contributed by atoms with E-state index in [1.165, 1.54) is 5.39 Å². The maximum absolute atomic E-state index is 9.70. The highest BCUT2D eigenvalue weighted by atomic mass is 79.9. The fourth-order valence-corrected chi connectivity index (χ4v) is 4.61. The van der Waals surface area contributed by atoms with E-state index in [2.05, 4.69) is 74.0 Å². The number of benzene rings is 4. The molecule has 0 radical (unpaired) electrons. The summed E-state index contributed by atoms with van der Waals surface area (Å²) in [5.74, 6) is 0.507. The van der Waals surface area contributed by atoms with Gasteiger partial charge in [-0.15, -0.1) is 0 Å². The molecule has 2 heterocycles. The molecule has 0 amide bonds. The summed E-state index contributed by atoms with van der Waals surface area (Å²) in [7, 11) is 0. The Morgan fingerprint density at radius 1 is 0.767 bits per heavy atom. The van der Waals surface area contributed by atoms with Crippen molar-refractivity contribution < 1.29 is 0 Å². The van der Waals surface area contributed by atoms with Crippen LogP contribution in [0.2, 0.25) is 0 Å². The third kappa shape index (κ3) is 2.38. The largest absolute Gasteiger partial charge is 0.278 e. The molecule has 0 unspecified atom stereocenters. The van der Waals surface area contributed by atoms with Crippen molar-refractivity contribution in [3.63, 3.8) is 0 Å². The predicted molar refractivity (Wildman–Crippen MR) is 124 cm³/mol. The van der Waals surface area contributed by atoms with Gasteiger partial charge in [-0.3, -0.25) is 4.57 Å². The first-order valence-electron chi connectivity index (χ1n) is 9.53. The molecule has 6 aromatic rings. The third-order valence-electron chi connectivity index (χ3n) is 5.51. The van der Waals surface area contributed by atoms with Crippen LogP contribution in [0.5, 0.6) is 0 Å². The van der Waals surface area contributed by atoms with Crippen molar-refractivity contribution in [2.75, 3.05) is 0 Å². The molecular formula is C25H13BrN4. The Bertz CT molecular complexity index is 1670. The fourth-order valence-electron chi connectivity index (χ4n) is 4.23. The van der Waals surface area contributed by atoms with Crippen LogP contribution in [0, 0.1) is 11.3 Å². The van der Waals surface area contributed by atoms with E-state index in [0.717, 1.165) is 42.6 Å². The van der Waals surface area contributed by atoms with Crippen LogP contribution in [0.3, 0.4) is 0 Å². The van der Waals surface area contributed by atoms with E-state index in [4.69, 9.17) is 4.98 Å². The van der Waals surface area contributed by atoms with E-state index in [1.54, 1.807) is 0 Å². The average molecular weight is 449 g/mol. The third-order valence-corrected chi connectivity index (χ3v) is 6.01. The van der Waals surface area contributed by atoms with Crippen molar-refractivity contribution in [3.05, 3.63) is 89.0 Å². The van der Waals surface area contributed by atoms with Gasteiger partial charge in [-0.25, -0.2) is 9.97 Å². The molecule has 0 saturated heterocycles. The Morgan fingerprint density at radius 2 is 1.57 bits per heavy atom. The summed E-state index contributed by atoms with van der Waals surface area (Å²) in [5.41, 5.74) is 3.17. The zero-order chi connectivity index (χ0) is 20.2. The van der Waals surface area contributed by atoms with Gasteiger partial charge >= 0.3 is 0 Å². The number of halogens is 1. The van der Waals surface area contributed by atoms with E-state index in [9.17, 15) is 5.26 Å².